The minimum Gasteiger partial charge on any atom is -0.508 e. The van der Waals surface area contributed by atoms with Gasteiger partial charge in [-0.3, -0.25) is 0 Å². The minimum atomic E-state index is -0.491. The standard InChI is InChI=1S/C17H17ClN4O2/c18-17-20-15(19)12-5-6-22(16(12)21-17)13-7-10(8-14(13)24)9-1-3-11(23)4-2-9/h1-6,10,13-14,23-24H,7-8H2,(H2,19,20,21)/t10-,13+,14+/m0/s1. The molecule has 4 N–H and O–H groups in total. The maximum absolute atomic E-state index is 10.6. The van der Waals surface area contributed by atoms with Crippen LogP contribution in [0.5, 0.6) is 5.75 Å². The van der Waals surface area contributed by atoms with Gasteiger partial charge in [0, 0.05) is 6.20 Å². The van der Waals surface area contributed by atoms with Gasteiger partial charge in [0.05, 0.1) is 17.5 Å². The lowest BCUT2D eigenvalue weighted by Crippen LogP contribution is -2.17. The summed E-state index contributed by atoms with van der Waals surface area (Å²) in [4.78, 5) is 8.24. The SMILES string of the molecule is Nc1nc(Cl)nc2c1ccn2[C@@H]1C[C@H](c2ccc(O)cc2)C[C@H]1O. The van der Waals surface area contributed by atoms with Crippen molar-refractivity contribution >= 4 is 28.5 Å². The molecule has 3 atom stereocenters. The number of fused-ring (bicyclic) bond motifs is 1. The number of nitrogens with two attached hydrogens (primary N) is 1. The number of rotatable bonds is 2. The summed E-state index contributed by atoms with van der Waals surface area (Å²) in [6.45, 7) is 0. The lowest BCUT2D eigenvalue weighted by atomic mass is 9.97. The van der Waals surface area contributed by atoms with Gasteiger partial charge in [-0.1, -0.05) is 12.1 Å². The van der Waals surface area contributed by atoms with Crippen molar-refractivity contribution < 1.29 is 10.2 Å². The summed E-state index contributed by atoms with van der Waals surface area (Å²) in [5.41, 5.74) is 7.65. The summed E-state index contributed by atoms with van der Waals surface area (Å²) in [6.07, 6.45) is 2.81. The smallest absolute Gasteiger partial charge is 0.226 e. The van der Waals surface area contributed by atoms with Gasteiger partial charge in [0.25, 0.3) is 0 Å². The normalized spacial score (nSPS) is 23.8. The molecule has 1 fully saturated rings. The van der Waals surface area contributed by atoms with Gasteiger partial charge in [-0.25, -0.2) is 4.98 Å². The van der Waals surface area contributed by atoms with Gasteiger partial charge in [0.1, 0.15) is 17.2 Å². The topological polar surface area (TPSA) is 97.2 Å². The van der Waals surface area contributed by atoms with Crippen molar-refractivity contribution in [1.29, 1.82) is 0 Å². The molecule has 0 bridgehead atoms. The lowest BCUT2D eigenvalue weighted by Gasteiger charge is -2.17. The van der Waals surface area contributed by atoms with Crippen LogP contribution in [0.4, 0.5) is 5.82 Å². The summed E-state index contributed by atoms with van der Waals surface area (Å²) in [5, 5.41) is 20.8. The van der Waals surface area contributed by atoms with Crippen LogP contribution in [0.3, 0.4) is 0 Å². The average molecular weight is 345 g/mol. The Kier molecular flexibility index (Phi) is 3.58. The summed E-state index contributed by atoms with van der Waals surface area (Å²) in [7, 11) is 0. The first-order valence-electron chi connectivity index (χ1n) is 7.79. The van der Waals surface area contributed by atoms with Crippen LogP contribution in [-0.4, -0.2) is 30.9 Å². The van der Waals surface area contributed by atoms with Crippen molar-refractivity contribution in [2.75, 3.05) is 5.73 Å². The Labute approximate surface area is 143 Å². The zero-order valence-electron chi connectivity index (χ0n) is 12.8. The maximum atomic E-state index is 10.6. The molecule has 2 aromatic heterocycles. The maximum Gasteiger partial charge on any atom is 0.226 e. The Morgan fingerprint density at radius 2 is 1.88 bits per heavy atom. The van der Waals surface area contributed by atoms with Gasteiger partial charge in [0.2, 0.25) is 5.28 Å². The number of halogens is 1. The van der Waals surface area contributed by atoms with Gasteiger partial charge in [-0.05, 0) is 54.1 Å². The number of aromatic nitrogens is 3. The molecular formula is C17H17ClN4O2. The number of hydrogen-bond donors (Lipinski definition) is 3. The second-order valence-electron chi connectivity index (χ2n) is 6.23. The fourth-order valence-corrected chi connectivity index (χ4v) is 3.78. The van der Waals surface area contributed by atoms with Crippen LogP contribution in [0.25, 0.3) is 11.0 Å². The quantitative estimate of drug-likeness (QED) is 0.621. The van der Waals surface area contributed by atoms with E-state index < -0.39 is 6.10 Å². The summed E-state index contributed by atoms with van der Waals surface area (Å²) in [6, 6.07) is 8.90. The third kappa shape index (κ3) is 2.48. The number of aromatic hydroxyl groups is 1. The summed E-state index contributed by atoms with van der Waals surface area (Å²) < 4.78 is 1.93. The summed E-state index contributed by atoms with van der Waals surface area (Å²) >= 11 is 5.93. The zero-order valence-corrected chi connectivity index (χ0v) is 13.6. The Balaban J connectivity index is 1.69. The van der Waals surface area contributed by atoms with Crippen LogP contribution >= 0.6 is 11.6 Å². The van der Waals surface area contributed by atoms with Crippen molar-refractivity contribution in [3.05, 3.63) is 47.4 Å². The number of benzene rings is 1. The number of phenolic OH excluding ortho intramolecular Hbond substituents is 1. The van der Waals surface area contributed by atoms with Crippen LogP contribution in [-0.2, 0) is 0 Å². The fraction of sp³-hybridized carbons (Fsp3) is 0.294. The molecule has 4 rings (SSSR count). The van der Waals surface area contributed by atoms with Crippen molar-refractivity contribution in [3.8, 4) is 5.75 Å². The Hall–Kier alpha value is -2.31. The average Bonchev–Trinajstić information content (AvgIpc) is 3.11. The van der Waals surface area contributed by atoms with Gasteiger partial charge >= 0.3 is 0 Å². The molecule has 0 spiro atoms. The number of nitrogens with zero attached hydrogens (tertiary/aromatic N) is 3. The number of anilines is 1. The molecule has 0 aliphatic heterocycles. The van der Waals surface area contributed by atoms with Gasteiger partial charge in [0.15, 0.2) is 0 Å². The highest BCUT2D eigenvalue weighted by molar-refractivity contribution is 6.28. The minimum absolute atomic E-state index is 0.0996. The second-order valence-corrected chi connectivity index (χ2v) is 6.57. The molecule has 124 valence electrons. The molecule has 1 saturated carbocycles. The van der Waals surface area contributed by atoms with Gasteiger partial charge in [-0.15, -0.1) is 0 Å². The van der Waals surface area contributed by atoms with Crippen LogP contribution < -0.4 is 5.73 Å². The van der Waals surface area contributed by atoms with Crippen molar-refractivity contribution in [3.63, 3.8) is 0 Å². The van der Waals surface area contributed by atoms with E-state index in [-0.39, 0.29) is 23.0 Å². The number of phenols is 1. The molecule has 2 heterocycles. The molecule has 7 heteroatoms. The fourth-order valence-electron chi connectivity index (χ4n) is 3.61. The number of hydrogen-bond acceptors (Lipinski definition) is 5. The second kappa shape index (κ2) is 5.65. The molecule has 0 saturated heterocycles. The van der Waals surface area contributed by atoms with E-state index in [4.69, 9.17) is 17.3 Å². The predicted octanol–water partition coefficient (Wildman–Crippen LogP) is 2.85. The number of nitrogen functional groups attached to an aromatic ring is 1. The van der Waals surface area contributed by atoms with E-state index in [0.717, 1.165) is 17.4 Å². The molecule has 6 nitrogen and oxygen atoms in total. The van der Waals surface area contributed by atoms with E-state index in [9.17, 15) is 10.2 Å². The monoisotopic (exact) mass is 344 g/mol. The predicted molar refractivity (Wildman–Crippen MR) is 92.1 cm³/mol. The molecule has 3 aromatic rings. The Morgan fingerprint density at radius 3 is 2.62 bits per heavy atom. The van der Waals surface area contributed by atoms with Crippen molar-refractivity contribution in [2.24, 2.45) is 0 Å². The van der Waals surface area contributed by atoms with E-state index >= 15 is 0 Å². The Morgan fingerprint density at radius 1 is 1.12 bits per heavy atom. The molecule has 1 aliphatic rings. The largest absolute Gasteiger partial charge is 0.508 e. The first-order chi connectivity index (χ1) is 11.5. The lowest BCUT2D eigenvalue weighted by molar-refractivity contribution is 0.137. The van der Waals surface area contributed by atoms with Crippen LogP contribution in [0.1, 0.15) is 30.4 Å². The van der Waals surface area contributed by atoms with Gasteiger partial charge in [-0.2, -0.15) is 4.98 Å². The molecule has 1 aliphatic carbocycles. The summed E-state index contributed by atoms with van der Waals surface area (Å²) in [5.74, 6) is 0.802. The van der Waals surface area contributed by atoms with E-state index in [0.29, 0.717) is 17.9 Å². The van der Waals surface area contributed by atoms with E-state index in [2.05, 4.69) is 9.97 Å². The van der Waals surface area contributed by atoms with Crippen molar-refractivity contribution in [1.82, 2.24) is 14.5 Å². The Bertz CT molecular complexity index is 893. The van der Waals surface area contributed by atoms with Crippen molar-refractivity contribution in [2.45, 2.75) is 30.9 Å². The van der Waals surface area contributed by atoms with Crippen LogP contribution in [0.15, 0.2) is 36.5 Å². The molecule has 1 aromatic carbocycles. The zero-order chi connectivity index (χ0) is 16.8. The highest BCUT2D eigenvalue weighted by Gasteiger charge is 2.35. The number of aliphatic hydroxyl groups is 1. The third-order valence-corrected chi connectivity index (χ3v) is 4.96. The molecular weight excluding hydrogens is 328 g/mol. The van der Waals surface area contributed by atoms with E-state index in [1.54, 1.807) is 12.1 Å². The molecule has 24 heavy (non-hydrogen) atoms. The highest BCUT2D eigenvalue weighted by atomic mass is 35.5. The molecule has 0 unspecified atom stereocenters. The van der Waals surface area contributed by atoms with Gasteiger partial charge < -0.3 is 20.5 Å². The first kappa shape index (κ1) is 15.2. The molecule has 0 radical (unpaired) electrons. The first-order valence-corrected chi connectivity index (χ1v) is 8.17. The van der Waals surface area contributed by atoms with E-state index in [1.807, 2.05) is 29.0 Å². The number of aliphatic hydroxyl groups excluding tert-OH is 1. The highest BCUT2D eigenvalue weighted by Crippen LogP contribution is 2.42. The van der Waals surface area contributed by atoms with E-state index in [1.165, 1.54) is 0 Å². The molecule has 0 amide bonds. The van der Waals surface area contributed by atoms with Crippen LogP contribution in [0, 0.1) is 0 Å². The third-order valence-electron chi connectivity index (χ3n) is 4.79. The van der Waals surface area contributed by atoms with Crippen LogP contribution in [0.2, 0.25) is 5.28 Å².